The van der Waals surface area contributed by atoms with Crippen LogP contribution in [0.15, 0.2) is 57.7 Å². The third kappa shape index (κ3) is 4.10. The molecule has 2 fully saturated rings. The van der Waals surface area contributed by atoms with Crippen LogP contribution in [-0.2, 0) is 4.74 Å². The van der Waals surface area contributed by atoms with Crippen LogP contribution in [-0.4, -0.2) is 48.3 Å². The highest BCUT2D eigenvalue weighted by atomic mass is 16.6. The number of ether oxygens (including phenoxy) is 1. The first-order chi connectivity index (χ1) is 15.1. The number of benzene rings is 2. The number of nitrogens with zero attached hydrogens (tertiary/aromatic N) is 2. The molecule has 7 heteroatoms. The number of amides is 1. The molecule has 2 heterocycles. The summed E-state index contributed by atoms with van der Waals surface area (Å²) in [6, 6.07) is 16.2. The van der Waals surface area contributed by atoms with E-state index in [1.165, 1.54) is 5.56 Å². The molecule has 1 amide bonds. The van der Waals surface area contributed by atoms with Gasteiger partial charge in [0.05, 0.1) is 12.1 Å². The van der Waals surface area contributed by atoms with Crippen molar-refractivity contribution in [1.29, 1.82) is 0 Å². The van der Waals surface area contributed by atoms with Gasteiger partial charge >= 0.3 is 11.8 Å². The zero-order valence-corrected chi connectivity index (χ0v) is 17.6. The molecular weight excluding hydrogens is 394 g/mol. The topological polar surface area (TPSA) is 78.8 Å². The summed E-state index contributed by atoms with van der Waals surface area (Å²) in [6.45, 7) is 1.33. The van der Waals surface area contributed by atoms with Crippen LogP contribution >= 0.6 is 0 Å². The van der Waals surface area contributed by atoms with Crippen molar-refractivity contribution in [3.05, 3.63) is 64.6 Å². The molecule has 1 atom stereocenters. The third-order valence-corrected chi connectivity index (χ3v) is 6.67. The second-order valence-electron chi connectivity index (χ2n) is 8.67. The highest BCUT2D eigenvalue weighted by Gasteiger charge is 2.34. The summed E-state index contributed by atoms with van der Waals surface area (Å²) >= 11 is 0. The highest BCUT2D eigenvalue weighted by Crippen LogP contribution is 2.35. The second kappa shape index (κ2) is 8.23. The average molecular weight is 421 g/mol. The number of fused-ring (bicyclic) bond motifs is 1. The molecule has 1 N–H and O–H groups in total. The Morgan fingerprint density at radius 2 is 1.84 bits per heavy atom. The normalized spacial score (nSPS) is 24.1. The van der Waals surface area contributed by atoms with Gasteiger partial charge in [-0.3, -0.25) is 14.8 Å². The Morgan fingerprint density at radius 3 is 2.61 bits per heavy atom. The second-order valence-corrected chi connectivity index (χ2v) is 8.67. The van der Waals surface area contributed by atoms with Gasteiger partial charge in [0.25, 0.3) is 0 Å². The molecular formula is C24H27N3O4. The van der Waals surface area contributed by atoms with E-state index in [0.717, 1.165) is 43.4 Å². The average Bonchev–Trinajstić information content (AvgIpc) is 3.34. The largest absolute Gasteiger partial charge is 0.443 e. The minimum Gasteiger partial charge on any atom is -0.443 e. The summed E-state index contributed by atoms with van der Waals surface area (Å²) in [5.74, 6) is 0.0723. The molecule has 31 heavy (non-hydrogen) atoms. The molecule has 1 aromatic heterocycles. The molecule has 0 radical (unpaired) electrons. The van der Waals surface area contributed by atoms with Crippen molar-refractivity contribution in [2.45, 2.75) is 43.7 Å². The molecule has 1 aliphatic heterocycles. The van der Waals surface area contributed by atoms with Crippen molar-refractivity contribution in [2.24, 2.45) is 0 Å². The Morgan fingerprint density at radius 1 is 1.06 bits per heavy atom. The lowest BCUT2D eigenvalue weighted by Crippen LogP contribution is -2.40. The predicted molar refractivity (Wildman–Crippen MR) is 119 cm³/mol. The number of likely N-dealkylation sites (N-methyl/N-ethyl adjacent to an activating group) is 1. The van der Waals surface area contributed by atoms with Crippen LogP contribution in [0.1, 0.15) is 37.2 Å². The first kappa shape index (κ1) is 19.9. The van der Waals surface area contributed by atoms with E-state index < -0.39 is 5.76 Å². The Kier molecular flexibility index (Phi) is 5.28. The quantitative estimate of drug-likeness (QED) is 0.671. The number of hydrogen-bond donors (Lipinski definition) is 1. The number of para-hydroxylation sites is 1. The summed E-state index contributed by atoms with van der Waals surface area (Å²) in [5, 5.41) is 0. The molecule has 0 bridgehead atoms. The Hall–Kier alpha value is -3.06. The molecule has 1 saturated heterocycles. The molecule has 0 spiro atoms. The van der Waals surface area contributed by atoms with Crippen LogP contribution in [0, 0.1) is 0 Å². The van der Waals surface area contributed by atoms with Gasteiger partial charge in [-0.2, -0.15) is 0 Å². The zero-order valence-electron chi connectivity index (χ0n) is 17.6. The number of nitrogens with one attached hydrogen (secondary N) is 1. The number of aromatic nitrogens is 1. The van der Waals surface area contributed by atoms with E-state index in [2.05, 4.69) is 23.0 Å². The van der Waals surface area contributed by atoms with Gasteiger partial charge in [0.2, 0.25) is 0 Å². The van der Waals surface area contributed by atoms with Gasteiger partial charge in [-0.05, 0) is 68.5 Å². The van der Waals surface area contributed by atoms with Crippen LogP contribution in [0.5, 0.6) is 0 Å². The van der Waals surface area contributed by atoms with Crippen LogP contribution in [0.3, 0.4) is 0 Å². The fourth-order valence-corrected chi connectivity index (χ4v) is 4.97. The minimum atomic E-state index is -0.407. The fraction of sp³-hybridized carbons (Fsp3) is 0.417. The van der Waals surface area contributed by atoms with Crippen LogP contribution in [0.25, 0.3) is 11.1 Å². The maximum absolute atomic E-state index is 12.3. The van der Waals surface area contributed by atoms with E-state index in [9.17, 15) is 9.59 Å². The lowest BCUT2D eigenvalue weighted by molar-refractivity contribution is 0.0912. The van der Waals surface area contributed by atoms with Gasteiger partial charge < -0.3 is 9.15 Å². The van der Waals surface area contributed by atoms with Gasteiger partial charge in [0.1, 0.15) is 6.10 Å². The van der Waals surface area contributed by atoms with Crippen LogP contribution in [0.2, 0.25) is 0 Å². The summed E-state index contributed by atoms with van der Waals surface area (Å²) in [7, 11) is 2.13. The SMILES string of the molecule is CN(CC1CN(c2ccccc2)C(=O)O1)C1CCC(c2ccc3[nH]c(=O)oc3c2)CC1. The minimum absolute atomic E-state index is 0.116. The molecule has 3 aromatic rings. The van der Waals surface area contributed by atoms with E-state index in [0.29, 0.717) is 24.1 Å². The Labute approximate surface area is 180 Å². The van der Waals surface area contributed by atoms with Crippen molar-refractivity contribution < 1.29 is 13.9 Å². The van der Waals surface area contributed by atoms with Crippen LogP contribution in [0.4, 0.5) is 10.5 Å². The van der Waals surface area contributed by atoms with Gasteiger partial charge in [0, 0.05) is 18.3 Å². The van der Waals surface area contributed by atoms with E-state index in [-0.39, 0.29) is 12.2 Å². The predicted octanol–water partition coefficient (Wildman–Crippen LogP) is 4.10. The fourth-order valence-electron chi connectivity index (χ4n) is 4.97. The van der Waals surface area contributed by atoms with E-state index in [1.807, 2.05) is 42.5 Å². The standard InChI is InChI=1S/C24H27N3O4/c1-26(14-20-15-27(24(29)30-20)19-5-3-2-4-6-19)18-10-7-16(8-11-18)17-9-12-21-22(13-17)31-23(28)25-21/h2-6,9,12-13,16,18,20H,7-8,10-11,14-15H2,1H3,(H,25,28). The molecule has 7 nitrogen and oxygen atoms in total. The zero-order chi connectivity index (χ0) is 21.4. The van der Waals surface area contributed by atoms with Gasteiger partial charge in [-0.15, -0.1) is 0 Å². The number of cyclic esters (lactones) is 1. The van der Waals surface area contributed by atoms with Crippen molar-refractivity contribution in [3.8, 4) is 0 Å². The lowest BCUT2D eigenvalue weighted by atomic mass is 9.81. The summed E-state index contributed by atoms with van der Waals surface area (Å²) in [4.78, 5) is 30.4. The van der Waals surface area contributed by atoms with E-state index in [4.69, 9.17) is 9.15 Å². The highest BCUT2D eigenvalue weighted by molar-refractivity contribution is 5.89. The van der Waals surface area contributed by atoms with E-state index in [1.54, 1.807) is 4.90 Å². The maximum atomic E-state index is 12.3. The maximum Gasteiger partial charge on any atom is 0.417 e. The number of hydrogen-bond acceptors (Lipinski definition) is 5. The van der Waals surface area contributed by atoms with Gasteiger partial charge in [-0.1, -0.05) is 24.3 Å². The number of carbonyl (C=O) groups excluding carboxylic acids is 1. The molecule has 1 unspecified atom stereocenters. The number of H-pyrrole nitrogens is 1. The number of anilines is 1. The number of carbonyl (C=O) groups is 1. The number of oxazole rings is 1. The smallest absolute Gasteiger partial charge is 0.417 e. The molecule has 2 aromatic carbocycles. The van der Waals surface area contributed by atoms with Gasteiger partial charge in [-0.25, -0.2) is 9.59 Å². The Balaban J connectivity index is 1.16. The summed E-state index contributed by atoms with van der Waals surface area (Å²) < 4.78 is 10.8. The van der Waals surface area contributed by atoms with Gasteiger partial charge in [0.15, 0.2) is 5.58 Å². The first-order valence-electron chi connectivity index (χ1n) is 10.9. The van der Waals surface area contributed by atoms with Crippen LogP contribution < -0.4 is 10.7 Å². The lowest BCUT2D eigenvalue weighted by Gasteiger charge is -2.35. The summed E-state index contributed by atoms with van der Waals surface area (Å²) in [6.07, 6.45) is 4.00. The summed E-state index contributed by atoms with van der Waals surface area (Å²) in [5.41, 5.74) is 3.50. The molecule has 1 aliphatic carbocycles. The Bertz CT molecular complexity index is 1110. The molecule has 162 valence electrons. The molecule has 5 rings (SSSR count). The van der Waals surface area contributed by atoms with Crippen molar-refractivity contribution >= 4 is 22.9 Å². The molecule has 1 saturated carbocycles. The number of rotatable bonds is 5. The third-order valence-electron chi connectivity index (χ3n) is 6.67. The monoisotopic (exact) mass is 421 g/mol. The van der Waals surface area contributed by atoms with Crippen molar-refractivity contribution in [1.82, 2.24) is 9.88 Å². The number of aromatic amines is 1. The van der Waals surface area contributed by atoms with Crippen molar-refractivity contribution in [3.63, 3.8) is 0 Å². The van der Waals surface area contributed by atoms with E-state index >= 15 is 0 Å². The van der Waals surface area contributed by atoms with Crippen molar-refractivity contribution in [2.75, 3.05) is 25.0 Å². The first-order valence-corrected chi connectivity index (χ1v) is 10.9. The molecule has 2 aliphatic rings.